The fourth-order valence-corrected chi connectivity index (χ4v) is 7.19. The van der Waals surface area contributed by atoms with Crippen molar-refractivity contribution in [2.45, 2.75) is 134 Å². The van der Waals surface area contributed by atoms with Gasteiger partial charge >= 0.3 is 12.2 Å². The van der Waals surface area contributed by atoms with Gasteiger partial charge in [0.25, 0.3) is 0 Å². The smallest absolute Gasteiger partial charge is 0.410 e. The Labute approximate surface area is 252 Å². The molecule has 0 saturated carbocycles. The molecule has 222 valence electrons. The van der Waals surface area contributed by atoms with E-state index in [2.05, 4.69) is 33.1 Å². The second-order valence-corrected chi connectivity index (χ2v) is 14.8. The number of nitrogens with zero attached hydrogens (tertiary/aromatic N) is 5. The molecule has 0 radical (unpaired) electrons. The Balaban J connectivity index is 0.000000201. The number of hydrogen-bond donors (Lipinski definition) is 0. The lowest BCUT2D eigenvalue weighted by Gasteiger charge is -2.43. The zero-order valence-corrected chi connectivity index (χ0v) is 26.6. The third kappa shape index (κ3) is 7.15. The highest BCUT2D eigenvalue weighted by Gasteiger charge is 2.52. The van der Waals surface area contributed by atoms with Crippen LogP contribution < -0.4 is 0 Å². The van der Waals surface area contributed by atoms with Crippen LogP contribution >= 0.6 is 15.9 Å². The van der Waals surface area contributed by atoms with Crippen molar-refractivity contribution in [3.8, 4) is 12.1 Å². The number of ether oxygens (including phenoxy) is 2. The molecule has 5 heterocycles. The van der Waals surface area contributed by atoms with Crippen LogP contribution in [-0.4, -0.2) is 62.3 Å². The molecule has 5 rings (SSSR count). The topological polar surface area (TPSA) is 120 Å². The van der Waals surface area contributed by atoms with Crippen LogP contribution in [0.1, 0.15) is 98.5 Å². The highest BCUT2D eigenvalue weighted by atomic mass is 79.9. The van der Waals surface area contributed by atoms with Gasteiger partial charge in [-0.2, -0.15) is 10.5 Å². The van der Waals surface area contributed by atoms with E-state index in [9.17, 15) is 14.9 Å². The van der Waals surface area contributed by atoms with Crippen molar-refractivity contribution in [2.75, 3.05) is 0 Å². The summed E-state index contributed by atoms with van der Waals surface area (Å²) in [6, 6.07) is 7.37. The molecular formula is C31H42BrN5O4. The summed E-state index contributed by atoms with van der Waals surface area (Å²) in [6.07, 6.45) is 9.81. The Morgan fingerprint density at radius 2 is 1.34 bits per heavy atom. The lowest BCUT2D eigenvalue weighted by atomic mass is 9.71. The monoisotopic (exact) mass is 627 g/mol. The minimum absolute atomic E-state index is 0.0530. The second kappa shape index (κ2) is 11.8. The van der Waals surface area contributed by atoms with Crippen molar-refractivity contribution in [1.29, 1.82) is 10.5 Å². The standard InChI is InChI=1S/C18H22BrN3O2.C13H20N2O2/c1-17(2,3)24-16(23)22-14-4-5-15(22)8-18(7-14,11-20)12-6-13(19)10-21-9-12;1-13(2,3)17-12(16)15-10-4-5-11(15)7-9(6-10)8-14/h6,9-10,14-15H,4-5,7-8H2,1-3H3;9-11H,4-7H2,1-3H3/t14-,15+,18?;9?,10-,11+. The molecule has 1 aromatic heterocycles. The van der Waals surface area contributed by atoms with Gasteiger partial charge in [0.05, 0.1) is 23.5 Å². The number of carbonyl (C=O) groups excluding carboxylic acids is 2. The van der Waals surface area contributed by atoms with Gasteiger partial charge in [-0.25, -0.2) is 9.59 Å². The Bertz CT molecular complexity index is 1200. The van der Waals surface area contributed by atoms with Crippen LogP contribution in [0, 0.1) is 28.6 Å². The molecular weight excluding hydrogens is 586 g/mol. The maximum atomic E-state index is 12.6. The maximum Gasteiger partial charge on any atom is 0.410 e. The quantitative estimate of drug-likeness (QED) is 0.333. The maximum absolute atomic E-state index is 12.6. The molecule has 4 aliphatic rings. The molecule has 9 nitrogen and oxygen atoms in total. The van der Waals surface area contributed by atoms with Crippen molar-refractivity contribution >= 4 is 28.1 Å². The van der Waals surface area contributed by atoms with Crippen LogP contribution in [0.2, 0.25) is 0 Å². The predicted molar refractivity (Wildman–Crippen MR) is 157 cm³/mol. The Morgan fingerprint density at radius 1 is 0.878 bits per heavy atom. The molecule has 0 spiro atoms. The van der Waals surface area contributed by atoms with Crippen LogP contribution in [0.4, 0.5) is 9.59 Å². The van der Waals surface area contributed by atoms with Crippen LogP contribution in [0.5, 0.6) is 0 Å². The van der Waals surface area contributed by atoms with E-state index in [1.54, 1.807) is 12.4 Å². The van der Waals surface area contributed by atoms with Crippen molar-refractivity contribution < 1.29 is 19.1 Å². The molecule has 0 aliphatic carbocycles. The molecule has 0 N–H and O–H groups in total. The van der Waals surface area contributed by atoms with Gasteiger partial charge in [-0.3, -0.25) is 4.98 Å². The number of rotatable bonds is 1. The summed E-state index contributed by atoms with van der Waals surface area (Å²) in [5.74, 6) is 0.117. The largest absolute Gasteiger partial charge is 0.444 e. The predicted octanol–water partition coefficient (Wildman–Crippen LogP) is 6.86. The SMILES string of the molecule is CC(C)(C)OC(=O)N1[C@@H]2CC[C@H]1CC(C#N)(c1cncc(Br)c1)C2.CC(C)(C)OC(=O)N1[C@@H]2CC[C@H]1CC(C#N)C2. The molecule has 1 aromatic rings. The lowest BCUT2D eigenvalue weighted by Crippen LogP contribution is -2.52. The number of halogens is 1. The van der Waals surface area contributed by atoms with Gasteiger partial charge < -0.3 is 19.3 Å². The fourth-order valence-electron chi connectivity index (χ4n) is 6.82. The van der Waals surface area contributed by atoms with Crippen LogP contribution in [0.25, 0.3) is 0 Å². The van der Waals surface area contributed by atoms with E-state index in [1.807, 2.05) is 57.4 Å². The fraction of sp³-hybridized carbons (Fsp3) is 0.710. The highest BCUT2D eigenvalue weighted by Crippen LogP contribution is 2.47. The zero-order chi connectivity index (χ0) is 30.2. The second-order valence-electron chi connectivity index (χ2n) is 13.8. The molecule has 4 aliphatic heterocycles. The van der Waals surface area contributed by atoms with Gasteiger partial charge in [0.1, 0.15) is 11.2 Å². The number of pyridine rings is 1. The first kappa shape index (κ1) is 31.1. The number of amides is 2. The van der Waals surface area contributed by atoms with Crippen molar-refractivity contribution in [2.24, 2.45) is 5.92 Å². The summed E-state index contributed by atoms with van der Waals surface area (Å²) >= 11 is 3.44. The Kier molecular flexibility index (Phi) is 8.95. The molecule has 6 atom stereocenters. The van der Waals surface area contributed by atoms with Gasteiger partial charge in [0.15, 0.2) is 0 Å². The molecule has 4 fully saturated rings. The van der Waals surface area contributed by atoms with Gasteiger partial charge in [0, 0.05) is 41.0 Å². The van der Waals surface area contributed by atoms with E-state index in [0.717, 1.165) is 48.6 Å². The van der Waals surface area contributed by atoms with Crippen molar-refractivity contribution in [1.82, 2.24) is 14.8 Å². The third-order valence-electron chi connectivity index (χ3n) is 8.38. The minimum Gasteiger partial charge on any atom is -0.444 e. The molecule has 2 unspecified atom stereocenters. The van der Waals surface area contributed by atoms with Gasteiger partial charge in [0.2, 0.25) is 0 Å². The van der Waals surface area contributed by atoms with E-state index in [1.165, 1.54) is 0 Å². The lowest BCUT2D eigenvalue weighted by molar-refractivity contribution is 0.00189. The van der Waals surface area contributed by atoms with Gasteiger partial charge in [-0.05, 0) is 120 Å². The number of piperidine rings is 2. The summed E-state index contributed by atoms with van der Waals surface area (Å²) in [5, 5.41) is 18.9. The summed E-state index contributed by atoms with van der Waals surface area (Å²) in [6.45, 7) is 11.3. The first-order chi connectivity index (χ1) is 19.1. The summed E-state index contributed by atoms with van der Waals surface area (Å²) in [7, 11) is 0. The number of aromatic nitrogens is 1. The highest BCUT2D eigenvalue weighted by molar-refractivity contribution is 9.10. The Morgan fingerprint density at radius 3 is 1.76 bits per heavy atom. The van der Waals surface area contributed by atoms with Gasteiger partial charge in [-0.1, -0.05) is 0 Å². The van der Waals surface area contributed by atoms with E-state index in [-0.39, 0.29) is 42.3 Å². The van der Waals surface area contributed by atoms with Gasteiger partial charge in [-0.15, -0.1) is 0 Å². The molecule has 10 heteroatoms. The average Bonchev–Trinajstić information content (AvgIpc) is 3.31. The van der Waals surface area contributed by atoms with Crippen molar-refractivity contribution in [3.63, 3.8) is 0 Å². The zero-order valence-electron chi connectivity index (χ0n) is 25.0. The summed E-state index contributed by atoms with van der Waals surface area (Å²) < 4.78 is 11.9. The number of nitriles is 2. The molecule has 4 bridgehead atoms. The number of carbonyl (C=O) groups is 2. The minimum atomic E-state index is -0.582. The molecule has 41 heavy (non-hydrogen) atoms. The summed E-state index contributed by atoms with van der Waals surface area (Å²) in [4.78, 5) is 32.6. The summed E-state index contributed by atoms with van der Waals surface area (Å²) in [5.41, 5.74) is -0.599. The normalized spacial score (nSPS) is 30.4. The first-order valence-electron chi connectivity index (χ1n) is 14.6. The molecule has 2 amide bonds. The third-order valence-corrected chi connectivity index (χ3v) is 8.82. The van der Waals surface area contributed by atoms with E-state index >= 15 is 0 Å². The van der Waals surface area contributed by atoms with E-state index < -0.39 is 16.6 Å². The first-order valence-corrected chi connectivity index (χ1v) is 15.4. The molecule has 4 saturated heterocycles. The number of hydrogen-bond acceptors (Lipinski definition) is 7. The average molecular weight is 629 g/mol. The van der Waals surface area contributed by atoms with Crippen LogP contribution in [-0.2, 0) is 14.9 Å². The number of fused-ring (bicyclic) bond motifs is 4. The van der Waals surface area contributed by atoms with E-state index in [0.29, 0.717) is 12.8 Å². The molecule has 0 aromatic carbocycles. The van der Waals surface area contributed by atoms with E-state index in [4.69, 9.17) is 14.7 Å². The van der Waals surface area contributed by atoms with Crippen molar-refractivity contribution in [3.05, 3.63) is 28.5 Å². The Hall–Kier alpha value is -2.85. The van der Waals surface area contributed by atoms with Crippen LogP contribution in [0.3, 0.4) is 0 Å². The van der Waals surface area contributed by atoms with Crippen LogP contribution in [0.15, 0.2) is 22.9 Å².